The van der Waals surface area contributed by atoms with Crippen molar-refractivity contribution in [2.45, 2.75) is 6.92 Å². The van der Waals surface area contributed by atoms with Crippen LogP contribution >= 0.6 is 0 Å². The minimum Gasteiger partial charge on any atom is -0.379 e. The average molecular weight is 261 g/mol. The van der Waals surface area contributed by atoms with Crippen molar-refractivity contribution in [1.82, 2.24) is 20.5 Å². The SMILES string of the molecule is Cc1cc(F)ccc1-c1noc(-c2nonc2N)n1. The van der Waals surface area contributed by atoms with Crippen molar-refractivity contribution in [3.63, 3.8) is 0 Å². The third-order valence-corrected chi connectivity index (χ3v) is 2.57. The number of nitrogens with zero attached hydrogens (tertiary/aromatic N) is 4. The fourth-order valence-corrected chi connectivity index (χ4v) is 1.65. The Kier molecular flexibility index (Phi) is 2.48. The number of benzene rings is 1. The van der Waals surface area contributed by atoms with Gasteiger partial charge in [-0.1, -0.05) is 5.16 Å². The Balaban J connectivity index is 2.04. The molecule has 0 fully saturated rings. The van der Waals surface area contributed by atoms with Gasteiger partial charge in [0.2, 0.25) is 17.3 Å². The Morgan fingerprint density at radius 1 is 1.21 bits per heavy atom. The number of nitrogens with two attached hydrogens (primary N) is 1. The normalized spacial score (nSPS) is 10.8. The largest absolute Gasteiger partial charge is 0.379 e. The lowest BCUT2D eigenvalue weighted by Crippen LogP contribution is -1.89. The van der Waals surface area contributed by atoms with Gasteiger partial charge < -0.3 is 10.3 Å². The first-order valence-corrected chi connectivity index (χ1v) is 5.34. The summed E-state index contributed by atoms with van der Waals surface area (Å²) in [6.07, 6.45) is 0. The van der Waals surface area contributed by atoms with E-state index in [1.54, 1.807) is 13.0 Å². The van der Waals surface area contributed by atoms with Gasteiger partial charge in [0.25, 0.3) is 5.89 Å². The van der Waals surface area contributed by atoms with Gasteiger partial charge in [0, 0.05) is 5.56 Å². The predicted molar refractivity (Wildman–Crippen MR) is 62.1 cm³/mol. The maximum Gasteiger partial charge on any atom is 0.284 e. The van der Waals surface area contributed by atoms with Gasteiger partial charge in [0.05, 0.1) is 0 Å². The molecule has 8 heteroatoms. The molecule has 2 aromatic heterocycles. The van der Waals surface area contributed by atoms with Gasteiger partial charge in [-0.25, -0.2) is 9.02 Å². The number of aromatic nitrogens is 4. The summed E-state index contributed by atoms with van der Waals surface area (Å²) in [4.78, 5) is 4.13. The smallest absolute Gasteiger partial charge is 0.284 e. The average Bonchev–Trinajstić information content (AvgIpc) is 2.97. The lowest BCUT2D eigenvalue weighted by atomic mass is 10.1. The Bertz CT molecular complexity index is 736. The summed E-state index contributed by atoms with van der Waals surface area (Å²) in [5.41, 5.74) is 7.06. The number of halogens is 1. The molecular weight excluding hydrogens is 253 g/mol. The molecule has 3 rings (SSSR count). The molecular formula is C11H8FN5O2. The summed E-state index contributed by atoms with van der Waals surface area (Å²) in [5.74, 6) is 0.147. The summed E-state index contributed by atoms with van der Waals surface area (Å²) < 4.78 is 22.5. The van der Waals surface area contributed by atoms with Crippen molar-refractivity contribution >= 4 is 5.82 Å². The number of anilines is 1. The van der Waals surface area contributed by atoms with Crippen LogP contribution in [0.25, 0.3) is 23.0 Å². The number of nitrogen functional groups attached to an aromatic ring is 1. The van der Waals surface area contributed by atoms with E-state index in [1.165, 1.54) is 12.1 Å². The van der Waals surface area contributed by atoms with Gasteiger partial charge in [0.15, 0.2) is 0 Å². The lowest BCUT2D eigenvalue weighted by molar-refractivity contribution is 0.308. The van der Waals surface area contributed by atoms with E-state index in [0.717, 1.165) is 0 Å². The van der Waals surface area contributed by atoms with Crippen LogP contribution in [0.5, 0.6) is 0 Å². The van der Waals surface area contributed by atoms with Crippen molar-refractivity contribution in [3.8, 4) is 23.0 Å². The highest BCUT2D eigenvalue weighted by Crippen LogP contribution is 2.25. The summed E-state index contributed by atoms with van der Waals surface area (Å²) in [6.45, 7) is 1.75. The molecule has 0 aliphatic carbocycles. The standard InChI is InChI=1S/C11H8FN5O2/c1-5-4-6(12)2-3-7(5)10-14-11(18-17-10)8-9(13)16-19-15-8/h2-4H,1H3,(H2,13,16). The predicted octanol–water partition coefficient (Wildman–Crippen LogP) is 1.82. The van der Waals surface area contributed by atoms with E-state index in [4.69, 9.17) is 10.3 Å². The van der Waals surface area contributed by atoms with Crippen LogP contribution in [0.1, 0.15) is 5.56 Å². The third kappa shape index (κ3) is 1.92. The van der Waals surface area contributed by atoms with E-state index >= 15 is 0 Å². The second-order valence-electron chi connectivity index (χ2n) is 3.88. The number of rotatable bonds is 2. The minimum absolute atomic E-state index is 0.0611. The van der Waals surface area contributed by atoms with Crippen molar-refractivity contribution < 1.29 is 13.5 Å². The third-order valence-electron chi connectivity index (χ3n) is 2.57. The van der Waals surface area contributed by atoms with Crippen LogP contribution < -0.4 is 5.73 Å². The van der Waals surface area contributed by atoms with Crippen LogP contribution in [0, 0.1) is 12.7 Å². The molecule has 0 aliphatic rings. The van der Waals surface area contributed by atoms with Crippen LogP contribution in [-0.4, -0.2) is 20.5 Å². The highest BCUT2D eigenvalue weighted by Gasteiger charge is 2.18. The molecule has 0 saturated carbocycles. The maximum atomic E-state index is 13.0. The van der Waals surface area contributed by atoms with E-state index in [1.807, 2.05) is 0 Å². The Labute approximate surface area is 106 Å². The van der Waals surface area contributed by atoms with Crippen molar-refractivity contribution in [2.75, 3.05) is 5.73 Å². The van der Waals surface area contributed by atoms with Crippen molar-refractivity contribution in [1.29, 1.82) is 0 Å². The topological polar surface area (TPSA) is 104 Å². The zero-order chi connectivity index (χ0) is 13.4. The second-order valence-corrected chi connectivity index (χ2v) is 3.88. The van der Waals surface area contributed by atoms with E-state index < -0.39 is 0 Å². The molecule has 0 atom stereocenters. The number of aryl methyl sites for hydroxylation is 1. The molecule has 2 N–H and O–H groups in total. The molecule has 0 saturated heterocycles. The molecule has 0 amide bonds. The first-order valence-electron chi connectivity index (χ1n) is 5.34. The molecule has 0 bridgehead atoms. The minimum atomic E-state index is -0.324. The maximum absolute atomic E-state index is 13.0. The van der Waals surface area contributed by atoms with E-state index in [-0.39, 0.29) is 23.2 Å². The first kappa shape index (κ1) is 11.3. The summed E-state index contributed by atoms with van der Waals surface area (Å²) >= 11 is 0. The molecule has 7 nitrogen and oxygen atoms in total. The second kappa shape index (κ2) is 4.16. The Morgan fingerprint density at radius 2 is 2.05 bits per heavy atom. The van der Waals surface area contributed by atoms with Crippen LogP contribution in [-0.2, 0) is 0 Å². The van der Waals surface area contributed by atoms with Gasteiger partial charge in [-0.3, -0.25) is 0 Å². The molecule has 0 spiro atoms. The molecule has 0 radical (unpaired) electrons. The quantitative estimate of drug-likeness (QED) is 0.750. The lowest BCUT2D eigenvalue weighted by Gasteiger charge is -1.99. The zero-order valence-electron chi connectivity index (χ0n) is 9.79. The van der Waals surface area contributed by atoms with Crippen LogP contribution in [0.2, 0.25) is 0 Å². The van der Waals surface area contributed by atoms with Gasteiger partial charge in [-0.2, -0.15) is 4.98 Å². The molecule has 3 aromatic rings. The highest BCUT2D eigenvalue weighted by molar-refractivity contribution is 5.65. The molecule has 96 valence electrons. The van der Waals surface area contributed by atoms with Gasteiger partial charge in [-0.05, 0) is 41.0 Å². The molecule has 2 heterocycles. The van der Waals surface area contributed by atoms with Gasteiger partial charge in [-0.15, -0.1) is 0 Å². The Morgan fingerprint density at radius 3 is 2.74 bits per heavy atom. The first-order chi connectivity index (χ1) is 9.15. The summed E-state index contributed by atoms with van der Waals surface area (Å²) in [7, 11) is 0. The molecule has 0 unspecified atom stereocenters. The molecule has 0 aliphatic heterocycles. The van der Waals surface area contributed by atoms with Gasteiger partial charge >= 0.3 is 0 Å². The van der Waals surface area contributed by atoms with E-state index in [9.17, 15) is 4.39 Å². The van der Waals surface area contributed by atoms with Crippen LogP contribution in [0.3, 0.4) is 0 Å². The van der Waals surface area contributed by atoms with E-state index in [2.05, 4.69) is 25.1 Å². The van der Waals surface area contributed by atoms with Crippen molar-refractivity contribution in [2.24, 2.45) is 0 Å². The fraction of sp³-hybridized carbons (Fsp3) is 0.0909. The number of hydrogen-bond acceptors (Lipinski definition) is 7. The highest BCUT2D eigenvalue weighted by atomic mass is 19.1. The van der Waals surface area contributed by atoms with Crippen molar-refractivity contribution in [3.05, 3.63) is 29.6 Å². The van der Waals surface area contributed by atoms with E-state index in [0.29, 0.717) is 17.0 Å². The molecule has 19 heavy (non-hydrogen) atoms. The zero-order valence-corrected chi connectivity index (χ0v) is 9.79. The summed E-state index contributed by atoms with van der Waals surface area (Å²) in [6, 6.07) is 4.28. The molecule has 1 aromatic carbocycles. The van der Waals surface area contributed by atoms with Crippen LogP contribution in [0.4, 0.5) is 10.2 Å². The summed E-state index contributed by atoms with van der Waals surface area (Å²) in [5, 5.41) is 10.8. The number of hydrogen-bond donors (Lipinski definition) is 1. The monoisotopic (exact) mass is 261 g/mol. The van der Waals surface area contributed by atoms with Crippen LogP contribution in [0.15, 0.2) is 27.4 Å². The fourth-order valence-electron chi connectivity index (χ4n) is 1.65. The Hall–Kier alpha value is -2.77. The van der Waals surface area contributed by atoms with Gasteiger partial charge in [0.1, 0.15) is 5.82 Å².